The largest absolute Gasteiger partial charge is 0.453 e. The van der Waals surface area contributed by atoms with E-state index in [2.05, 4.69) is 5.32 Å². The lowest BCUT2D eigenvalue weighted by molar-refractivity contribution is -0.156. The number of ether oxygens (including phenoxy) is 1. The Bertz CT molecular complexity index is 819. The molecule has 0 aliphatic heterocycles. The number of esters is 1. The molecule has 2 N–H and O–H groups in total. The van der Waals surface area contributed by atoms with Crippen molar-refractivity contribution in [1.82, 2.24) is 4.90 Å². The van der Waals surface area contributed by atoms with Crippen LogP contribution >= 0.6 is 0 Å². The summed E-state index contributed by atoms with van der Waals surface area (Å²) in [7, 11) is 0. The highest BCUT2D eigenvalue weighted by molar-refractivity contribution is 5.97. The first kappa shape index (κ1) is 21.1. The molecule has 0 saturated carbocycles. The van der Waals surface area contributed by atoms with Gasteiger partial charge in [-0.05, 0) is 37.6 Å². The molecule has 0 fully saturated rings. The fraction of sp³-hybridized carbons (Fsp3) is 0.286. The molecule has 2 rings (SSSR count). The summed E-state index contributed by atoms with van der Waals surface area (Å²) in [6.45, 7) is 4.42. The first-order chi connectivity index (χ1) is 13.5. The van der Waals surface area contributed by atoms with Gasteiger partial charge in [0.2, 0.25) is 0 Å². The van der Waals surface area contributed by atoms with Crippen LogP contribution in [0.3, 0.4) is 0 Å². The molecule has 2 aromatic carbocycles. The Hall–Kier alpha value is -3.19. The van der Waals surface area contributed by atoms with Gasteiger partial charge in [-0.2, -0.15) is 0 Å². The molecule has 7 heteroatoms. The van der Waals surface area contributed by atoms with Gasteiger partial charge in [0.05, 0.1) is 0 Å². The van der Waals surface area contributed by atoms with E-state index in [0.717, 1.165) is 0 Å². The van der Waals surface area contributed by atoms with Gasteiger partial charge in [-0.25, -0.2) is 4.79 Å². The first-order valence-corrected chi connectivity index (χ1v) is 9.05. The van der Waals surface area contributed by atoms with E-state index in [1.165, 1.54) is 0 Å². The molecule has 0 aliphatic rings. The van der Waals surface area contributed by atoms with Crippen molar-refractivity contribution in [2.75, 3.05) is 25.0 Å². The minimum atomic E-state index is -1.45. The van der Waals surface area contributed by atoms with Crippen LogP contribution in [0.4, 0.5) is 5.69 Å². The van der Waals surface area contributed by atoms with Gasteiger partial charge in [-0.3, -0.25) is 9.59 Å². The number of aliphatic hydroxyl groups excluding tert-OH is 1. The number of hydrogen-bond donors (Lipinski definition) is 2. The van der Waals surface area contributed by atoms with Crippen LogP contribution in [-0.4, -0.2) is 47.5 Å². The van der Waals surface area contributed by atoms with Crippen molar-refractivity contribution in [2.45, 2.75) is 20.0 Å². The van der Waals surface area contributed by atoms with Crippen LogP contribution in [0.15, 0.2) is 54.6 Å². The minimum absolute atomic E-state index is 0.126. The number of carbonyl (C=O) groups excluding carboxylic acids is 3. The summed E-state index contributed by atoms with van der Waals surface area (Å²) in [4.78, 5) is 38.0. The fourth-order valence-electron chi connectivity index (χ4n) is 2.61. The van der Waals surface area contributed by atoms with Gasteiger partial charge in [-0.15, -0.1) is 0 Å². The van der Waals surface area contributed by atoms with Crippen molar-refractivity contribution in [3.05, 3.63) is 65.7 Å². The molecular weight excluding hydrogens is 360 g/mol. The summed E-state index contributed by atoms with van der Waals surface area (Å²) in [6.07, 6.45) is -1.45. The molecule has 0 radical (unpaired) electrons. The molecule has 0 heterocycles. The number of anilines is 1. The molecule has 0 aliphatic carbocycles. The highest BCUT2D eigenvalue weighted by Gasteiger charge is 2.20. The second-order valence-electron chi connectivity index (χ2n) is 6.03. The number of aliphatic hydroxyl groups is 1. The first-order valence-electron chi connectivity index (χ1n) is 9.05. The number of rotatable bonds is 8. The van der Waals surface area contributed by atoms with E-state index in [0.29, 0.717) is 29.9 Å². The van der Waals surface area contributed by atoms with Gasteiger partial charge < -0.3 is 20.1 Å². The smallest absolute Gasteiger partial charge is 0.340 e. The lowest BCUT2D eigenvalue weighted by Crippen LogP contribution is -2.30. The van der Waals surface area contributed by atoms with E-state index in [4.69, 9.17) is 4.74 Å². The van der Waals surface area contributed by atoms with Gasteiger partial charge in [0.1, 0.15) is 0 Å². The molecule has 0 saturated heterocycles. The van der Waals surface area contributed by atoms with Crippen LogP contribution in [0, 0.1) is 0 Å². The van der Waals surface area contributed by atoms with Crippen molar-refractivity contribution in [1.29, 1.82) is 0 Å². The van der Waals surface area contributed by atoms with E-state index in [1.54, 1.807) is 59.5 Å². The third-order valence-electron chi connectivity index (χ3n) is 4.13. The summed E-state index contributed by atoms with van der Waals surface area (Å²) in [5, 5.41) is 12.5. The maximum absolute atomic E-state index is 12.4. The van der Waals surface area contributed by atoms with E-state index in [-0.39, 0.29) is 5.91 Å². The number of carbonyl (C=O) groups is 3. The normalized spacial score (nSPS) is 11.4. The summed E-state index contributed by atoms with van der Waals surface area (Å²) in [6, 6.07) is 14.8. The molecule has 148 valence electrons. The molecule has 7 nitrogen and oxygen atoms in total. The second kappa shape index (κ2) is 10.2. The molecule has 0 bridgehead atoms. The van der Waals surface area contributed by atoms with Crippen LogP contribution in [0.25, 0.3) is 0 Å². The molecule has 0 spiro atoms. The third kappa shape index (κ3) is 5.65. The standard InChI is InChI=1S/C21H24N2O5/c1-3-23(4-2)20(26)16-11-8-12-17(13-16)22-18(24)14-28-21(27)19(25)15-9-6-5-7-10-15/h5-13,19,25H,3-4,14H2,1-2H3,(H,22,24)/t19-/m0/s1. The third-order valence-corrected chi connectivity index (χ3v) is 4.13. The molecule has 2 amide bonds. The van der Waals surface area contributed by atoms with Crippen molar-refractivity contribution in [3.8, 4) is 0 Å². The number of benzene rings is 2. The van der Waals surface area contributed by atoms with Crippen LogP contribution in [-0.2, 0) is 14.3 Å². The Morgan fingerprint density at radius 3 is 2.36 bits per heavy atom. The average Bonchev–Trinajstić information content (AvgIpc) is 2.73. The van der Waals surface area contributed by atoms with Gasteiger partial charge in [0, 0.05) is 24.3 Å². The Labute approximate surface area is 163 Å². The molecule has 1 atom stereocenters. The van der Waals surface area contributed by atoms with Gasteiger partial charge in [0.15, 0.2) is 12.7 Å². The number of nitrogens with one attached hydrogen (secondary N) is 1. The lowest BCUT2D eigenvalue weighted by atomic mass is 10.1. The van der Waals surface area contributed by atoms with E-state index in [1.807, 2.05) is 13.8 Å². The van der Waals surface area contributed by atoms with Gasteiger partial charge >= 0.3 is 5.97 Å². The van der Waals surface area contributed by atoms with Gasteiger partial charge in [-0.1, -0.05) is 36.4 Å². The quantitative estimate of drug-likeness (QED) is 0.682. The Morgan fingerprint density at radius 1 is 1.04 bits per heavy atom. The number of hydrogen-bond acceptors (Lipinski definition) is 5. The maximum Gasteiger partial charge on any atom is 0.340 e. The zero-order chi connectivity index (χ0) is 20.5. The molecule has 0 unspecified atom stereocenters. The maximum atomic E-state index is 12.4. The molecule has 28 heavy (non-hydrogen) atoms. The predicted molar refractivity (Wildman–Crippen MR) is 105 cm³/mol. The Kier molecular flexibility index (Phi) is 7.71. The summed E-state index contributed by atoms with van der Waals surface area (Å²) < 4.78 is 4.87. The van der Waals surface area contributed by atoms with E-state index < -0.39 is 24.6 Å². The van der Waals surface area contributed by atoms with Crippen molar-refractivity contribution >= 4 is 23.5 Å². The van der Waals surface area contributed by atoms with Crippen LogP contribution < -0.4 is 5.32 Å². The zero-order valence-corrected chi connectivity index (χ0v) is 15.9. The topological polar surface area (TPSA) is 95.9 Å². The highest BCUT2D eigenvalue weighted by Crippen LogP contribution is 2.15. The van der Waals surface area contributed by atoms with Crippen molar-refractivity contribution < 1.29 is 24.2 Å². The fourth-order valence-corrected chi connectivity index (χ4v) is 2.61. The van der Waals surface area contributed by atoms with Crippen LogP contribution in [0.5, 0.6) is 0 Å². The van der Waals surface area contributed by atoms with Crippen LogP contribution in [0.1, 0.15) is 35.9 Å². The van der Waals surface area contributed by atoms with Crippen molar-refractivity contribution in [2.24, 2.45) is 0 Å². The van der Waals surface area contributed by atoms with Gasteiger partial charge in [0.25, 0.3) is 11.8 Å². The average molecular weight is 384 g/mol. The molecule has 0 aromatic heterocycles. The highest BCUT2D eigenvalue weighted by atomic mass is 16.5. The van der Waals surface area contributed by atoms with Crippen LogP contribution in [0.2, 0.25) is 0 Å². The predicted octanol–water partition coefficient (Wildman–Crippen LogP) is 2.38. The number of nitrogens with zero attached hydrogens (tertiary/aromatic N) is 1. The summed E-state index contributed by atoms with van der Waals surface area (Å²) in [5.41, 5.74) is 1.26. The monoisotopic (exact) mass is 384 g/mol. The van der Waals surface area contributed by atoms with E-state index in [9.17, 15) is 19.5 Å². The zero-order valence-electron chi connectivity index (χ0n) is 15.9. The number of amides is 2. The molecule has 2 aromatic rings. The summed E-state index contributed by atoms with van der Waals surface area (Å²) in [5.74, 6) is -1.61. The minimum Gasteiger partial charge on any atom is -0.453 e. The van der Waals surface area contributed by atoms with Crippen molar-refractivity contribution in [3.63, 3.8) is 0 Å². The SMILES string of the molecule is CCN(CC)C(=O)c1cccc(NC(=O)COC(=O)[C@@H](O)c2ccccc2)c1. The summed E-state index contributed by atoms with van der Waals surface area (Å²) >= 11 is 0. The van der Waals surface area contributed by atoms with E-state index >= 15 is 0 Å². The lowest BCUT2D eigenvalue weighted by Gasteiger charge is -2.19. The molecular formula is C21H24N2O5. The Morgan fingerprint density at radius 2 is 1.71 bits per heavy atom. The Balaban J connectivity index is 1.92. The second-order valence-corrected chi connectivity index (χ2v) is 6.03.